The predicted octanol–water partition coefficient (Wildman–Crippen LogP) is 3.83. The zero-order valence-electron chi connectivity index (χ0n) is 11.9. The van der Waals surface area contributed by atoms with E-state index in [1.54, 1.807) is 7.11 Å². The monoisotopic (exact) mass is 265 g/mol. The van der Waals surface area contributed by atoms with Crippen molar-refractivity contribution in [3.63, 3.8) is 0 Å². The van der Waals surface area contributed by atoms with E-state index in [0.29, 0.717) is 0 Å². The molecule has 1 aliphatic carbocycles. The molecule has 0 saturated heterocycles. The lowest BCUT2D eigenvalue weighted by atomic mass is 9.76. The molecule has 1 atom stereocenters. The minimum absolute atomic E-state index is 0.142. The molecule has 1 aromatic carbocycles. The first-order valence-corrected chi connectivity index (χ1v) is 7.26. The Hall–Kier alpha value is -0.930. The normalized spacial score (nSPS) is 20.2. The van der Waals surface area contributed by atoms with Crippen LogP contribution in [0.2, 0.25) is 0 Å². The van der Waals surface area contributed by atoms with Gasteiger partial charge in [-0.3, -0.25) is 0 Å². The van der Waals surface area contributed by atoms with Gasteiger partial charge in [0.2, 0.25) is 0 Å². The molecular weight excluding hydrogens is 241 g/mol. The third-order valence-corrected chi connectivity index (χ3v) is 4.24. The lowest BCUT2D eigenvalue weighted by Crippen LogP contribution is -2.47. The molecule has 0 aromatic heterocycles. The molecule has 0 heterocycles. The van der Waals surface area contributed by atoms with Gasteiger partial charge in [0.25, 0.3) is 0 Å². The molecule has 1 saturated carbocycles. The summed E-state index contributed by atoms with van der Waals surface area (Å²) in [6.45, 7) is 2.98. The molecule has 2 nitrogen and oxygen atoms in total. The summed E-state index contributed by atoms with van der Waals surface area (Å²) in [6.07, 6.45) is 5.83. The second-order valence-electron chi connectivity index (χ2n) is 5.37. The van der Waals surface area contributed by atoms with Crippen molar-refractivity contribution in [1.82, 2.24) is 5.32 Å². The number of ether oxygens (including phenoxy) is 1. The van der Waals surface area contributed by atoms with Crippen molar-refractivity contribution in [2.75, 3.05) is 13.7 Å². The van der Waals surface area contributed by atoms with Crippen LogP contribution < -0.4 is 5.32 Å². The van der Waals surface area contributed by atoms with Crippen LogP contribution >= 0.6 is 0 Å². The summed E-state index contributed by atoms with van der Waals surface area (Å²) in [5.74, 6) is -0.186. The summed E-state index contributed by atoms with van der Waals surface area (Å²) in [4.78, 5) is 0. The van der Waals surface area contributed by atoms with Crippen LogP contribution in [0.25, 0.3) is 0 Å². The zero-order valence-corrected chi connectivity index (χ0v) is 11.9. The number of halogens is 1. The van der Waals surface area contributed by atoms with Gasteiger partial charge in [-0.15, -0.1) is 0 Å². The Bertz CT molecular complexity index is 384. The van der Waals surface area contributed by atoms with Gasteiger partial charge >= 0.3 is 0 Å². The van der Waals surface area contributed by atoms with Crippen LogP contribution in [0.1, 0.15) is 50.6 Å². The highest BCUT2D eigenvalue weighted by Gasteiger charge is 2.40. The molecule has 1 unspecified atom stereocenters. The number of benzene rings is 1. The highest BCUT2D eigenvalue weighted by molar-refractivity contribution is 5.23. The molecular formula is C16H24FNO. The number of hydrogen-bond acceptors (Lipinski definition) is 2. The van der Waals surface area contributed by atoms with Crippen LogP contribution in [0, 0.1) is 5.82 Å². The van der Waals surface area contributed by atoms with E-state index in [1.165, 1.54) is 31.4 Å². The highest BCUT2D eigenvalue weighted by Crippen LogP contribution is 2.41. The summed E-state index contributed by atoms with van der Waals surface area (Å²) in [6, 6.07) is 6.96. The van der Waals surface area contributed by atoms with Gasteiger partial charge in [0.05, 0.1) is 11.6 Å². The van der Waals surface area contributed by atoms with Crippen molar-refractivity contribution in [3.8, 4) is 0 Å². The summed E-state index contributed by atoms with van der Waals surface area (Å²) >= 11 is 0. The number of hydrogen-bond donors (Lipinski definition) is 1. The van der Waals surface area contributed by atoms with E-state index in [9.17, 15) is 4.39 Å². The highest BCUT2D eigenvalue weighted by atomic mass is 19.1. The van der Waals surface area contributed by atoms with Crippen LogP contribution in [-0.4, -0.2) is 19.3 Å². The standard InChI is InChI=1S/C16H24FNO/c1-3-18-15(13-7-9-14(17)10-8-13)16(19-2)11-5-4-6-12-16/h7-10,15,18H,3-6,11-12H2,1-2H3. The number of likely N-dealkylation sites (N-methyl/N-ethyl adjacent to an activating group) is 1. The van der Waals surface area contributed by atoms with Crippen molar-refractivity contribution in [2.24, 2.45) is 0 Å². The van der Waals surface area contributed by atoms with E-state index < -0.39 is 0 Å². The lowest BCUT2D eigenvalue weighted by Gasteiger charge is -2.43. The van der Waals surface area contributed by atoms with E-state index in [-0.39, 0.29) is 17.5 Å². The van der Waals surface area contributed by atoms with Crippen molar-refractivity contribution in [1.29, 1.82) is 0 Å². The van der Waals surface area contributed by atoms with Gasteiger partial charge in [-0.1, -0.05) is 38.3 Å². The molecule has 0 spiro atoms. The smallest absolute Gasteiger partial charge is 0.123 e. The Morgan fingerprint density at radius 2 is 1.84 bits per heavy atom. The fourth-order valence-electron chi connectivity index (χ4n) is 3.23. The van der Waals surface area contributed by atoms with Crippen LogP contribution in [0.15, 0.2) is 24.3 Å². The molecule has 2 rings (SSSR count). The number of methoxy groups -OCH3 is 1. The topological polar surface area (TPSA) is 21.3 Å². The Morgan fingerprint density at radius 3 is 2.37 bits per heavy atom. The Balaban J connectivity index is 2.29. The average Bonchev–Trinajstić information content (AvgIpc) is 2.47. The summed E-state index contributed by atoms with van der Waals surface area (Å²) in [5, 5.41) is 3.53. The number of nitrogens with one attached hydrogen (secondary N) is 1. The maximum atomic E-state index is 13.1. The molecule has 19 heavy (non-hydrogen) atoms. The summed E-state index contributed by atoms with van der Waals surface area (Å²) in [7, 11) is 1.80. The van der Waals surface area contributed by atoms with Crippen molar-refractivity contribution in [3.05, 3.63) is 35.6 Å². The van der Waals surface area contributed by atoms with E-state index in [4.69, 9.17) is 4.74 Å². The van der Waals surface area contributed by atoms with Crippen LogP contribution in [0.3, 0.4) is 0 Å². The maximum Gasteiger partial charge on any atom is 0.123 e. The van der Waals surface area contributed by atoms with Crippen LogP contribution in [-0.2, 0) is 4.74 Å². The van der Waals surface area contributed by atoms with Crippen molar-refractivity contribution in [2.45, 2.75) is 50.7 Å². The molecule has 3 heteroatoms. The van der Waals surface area contributed by atoms with Crippen LogP contribution in [0.4, 0.5) is 4.39 Å². The predicted molar refractivity (Wildman–Crippen MR) is 75.6 cm³/mol. The molecule has 106 valence electrons. The van der Waals surface area contributed by atoms with Gasteiger partial charge in [-0.25, -0.2) is 4.39 Å². The third-order valence-electron chi connectivity index (χ3n) is 4.24. The van der Waals surface area contributed by atoms with Gasteiger partial charge < -0.3 is 10.1 Å². The van der Waals surface area contributed by atoms with E-state index in [0.717, 1.165) is 24.9 Å². The van der Waals surface area contributed by atoms with Gasteiger partial charge in [0.15, 0.2) is 0 Å². The summed E-state index contributed by atoms with van der Waals surface area (Å²) in [5.41, 5.74) is 0.971. The van der Waals surface area contributed by atoms with Crippen LogP contribution in [0.5, 0.6) is 0 Å². The van der Waals surface area contributed by atoms with Gasteiger partial charge in [-0.05, 0) is 37.1 Å². The lowest BCUT2D eigenvalue weighted by molar-refractivity contribution is -0.0684. The largest absolute Gasteiger partial charge is 0.376 e. The van der Waals surface area contributed by atoms with E-state index in [1.807, 2.05) is 12.1 Å². The first-order chi connectivity index (χ1) is 9.22. The first-order valence-electron chi connectivity index (χ1n) is 7.26. The third kappa shape index (κ3) is 3.15. The minimum atomic E-state index is -0.186. The Morgan fingerprint density at radius 1 is 1.21 bits per heavy atom. The maximum absolute atomic E-state index is 13.1. The minimum Gasteiger partial charge on any atom is -0.376 e. The Kier molecular flexibility index (Phi) is 4.94. The molecule has 0 bridgehead atoms. The average molecular weight is 265 g/mol. The molecule has 1 fully saturated rings. The molecule has 0 amide bonds. The second kappa shape index (κ2) is 6.49. The van der Waals surface area contributed by atoms with E-state index >= 15 is 0 Å². The SMILES string of the molecule is CCNC(c1ccc(F)cc1)C1(OC)CCCCC1. The van der Waals surface area contributed by atoms with E-state index in [2.05, 4.69) is 12.2 Å². The summed E-state index contributed by atoms with van der Waals surface area (Å²) < 4.78 is 19.0. The fraction of sp³-hybridized carbons (Fsp3) is 0.625. The van der Waals surface area contributed by atoms with Crippen molar-refractivity contribution >= 4 is 0 Å². The van der Waals surface area contributed by atoms with Gasteiger partial charge in [0.1, 0.15) is 5.82 Å². The Labute approximate surface area is 115 Å². The fourth-order valence-corrected chi connectivity index (χ4v) is 3.23. The van der Waals surface area contributed by atoms with Gasteiger partial charge in [0, 0.05) is 7.11 Å². The van der Waals surface area contributed by atoms with Gasteiger partial charge in [-0.2, -0.15) is 0 Å². The first kappa shape index (κ1) is 14.5. The quantitative estimate of drug-likeness (QED) is 0.873. The van der Waals surface area contributed by atoms with Crippen molar-refractivity contribution < 1.29 is 9.13 Å². The molecule has 0 radical (unpaired) electrons. The molecule has 0 aliphatic heterocycles. The zero-order chi connectivity index (χ0) is 13.7. The molecule has 1 N–H and O–H groups in total. The molecule has 1 aliphatic rings. The second-order valence-corrected chi connectivity index (χ2v) is 5.37. The number of rotatable bonds is 5. The molecule has 1 aromatic rings.